The Balaban J connectivity index is 1.24. The van der Waals surface area contributed by atoms with Crippen molar-refractivity contribution in [1.29, 1.82) is 0 Å². The molecule has 42 heavy (non-hydrogen) atoms. The number of aromatic nitrogens is 7. The van der Waals surface area contributed by atoms with E-state index >= 15 is 0 Å². The van der Waals surface area contributed by atoms with Crippen LogP contribution in [-0.4, -0.2) is 51.6 Å². The number of benzene rings is 2. The Kier molecular flexibility index (Phi) is 6.98. The number of nitrogens with two attached hydrogens (primary N) is 1. The van der Waals surface area contributed by atoms with E-state index in [0.29, 0.717) is 23.6 Å². The predicted molar refractivity (Wildman–Crippen MR) is 153 cm³/mol. The number of halogens is 1. The maximum Gasteiger partial charge on any atom is 0.288 e. The quantitative estimate of drug-likeness (QED) is 0.254. The van der Waals surface area contributed by atoms with Gasteiger partial charge >= 0.3 is 0 Å². The second-order valence-electron chi connectivity index (χ2n) is 9.48. The molecule has 0 radical (unpaired) electrons. The van der Waals surface area contributed by atoms with Crippen LogP contribution in [-0.2, 0) is 13.1 Å². The summed E-state index contributed by atoms with van der Waals surface area (Å²) in [5.74, 6) is -0.406. The number of amides is 1. The molecule has 4 heterocycles. The van der Waals surface area contributed by atoms with Crippen LogP contribution in [0.2, 0.25) is 0 Å². The second-order valence-corrected chi connectivity index (χ2v) is 9.48. The van der Waals surface area contributed by atoms with Crippen LogP contribution in [0, 0.1) is 5.82 Å². The van der Waals surface area contributed by atoms with Crippen molar-refractivity contribution in [2.24, 2.45) is 0 Å². The first-order chi connectivity index (χ1) is 20.4. The van der Waals surface area contributed by atoms with Crippen molar-refractivity contribution >= 4 is 23.2 Å². The maximum absolute atomic E-state index is 13.4. The molecule has 4 N–H and O–H groups in total. The molecule has 13 heteroatoms. The van der Waals surface area contributed by atoms with Gasteiger partial charge < -0.3 is 20.7 Å². The van der Waals surface area contributed by atoms with Crippen LogP contribution in [0.5, 0.6) is 0 Å². The molecule has 6 aromatic rings. The molecule has 4 aromatic heterocycles. The fourth-order valence-electron chi connectivity index (χ4n) is 4.55. The van der Waals surface area contributed by atoms with Gasteiger partial charge in [0.15, 0.2) is 0 Å². The molecule has 2 aromatic carbocycles. The Morgan fingerprint density at radius 3 is 2.50 bits per heavy atom. The van der Waals surface area contributed by atoms with Crippen LogP contribution in [0.3, 0.4) is 0 Å². The number of rotatable bonds is 8. The van der Waals surface area contributed by atoms with Gasteiger partial charge in [0.1, 0.15) is 23.5 Å². The highest BCUT2D eigenvalue weighted by Crippen LogP contribution is 2.30. The van der Waals surface area contributed by atoms with Gasteiger partial charge in [-0.05, 0) is 41.5 Å². The molecule has 210 valence electrons. The number of pyridine rings is 1. The predicted octanol–water partition coefficient (Wildman–Crippen LogP) is 2.83. The van der Waals surface area contributed by atoms with Gasteiger partial charge in [-0.25, -0.2) is 9.37 Å². The zero-order valence-corrected chi connectivity index (χ0v) is 22.1. The van der Waals surface area contributed by atoms with E-state index in [1.807, 2.05) is 12.3 Å². The van der Waals surface area contributed by atoms with Crippen molar-refractivity contribution in [3.05, 3.63) is 113 Å². The minimum absolute atomic E-state index is 0.0174. The molecule has 0 bridgehead atoms. The third kappa shape index (κ3) is 5.23. The number of aliphatic hydroxyl groups is 1. The average molecular weight is 566 g/mol. The van der Waals surface area contributed by atoms with Gasteiger partial charge in [0, 0.05) is 41.0 Å². The van der Waals surface area contributed by atoms with Crippen molar-refractivity contribution in [3.63, 3.8) is 0 Å². The van der Waals surface area contributed by atoms with E-state index in [0.717, 1.165) is 26.8 Å². The van der Waals surface area contributed by atoms with Crippen LogP contribution in [0.1, 0.15) is 15.9 Å². The van der Waals surface area contributed by atoms with Gasteiger partial charge in [-0.1, -0.05) is 24.3 Å². The summed E-state index contributed by atoms with van der Waals surface area (Å²) < 4.78 is 17.7. The van der Waals surface area contributed by atoms with Crippen molar-refractivity contribution < 1.29 is 14.3 Å². The van der Waals surface area contributed by atoms with Gasteiger partial charge in [-0.2, -0.15) is 19.7 Å². The topological polar surface area (TPSA) is 158 Å². The Morgan fingerprint density at radius 1 is 0.952 bits per heavy atom. The monoisotopic (exact) mass is 565 g/mol. The maximum atomic E-state index is 13.4. The van der Waals surface area contributed by atoms with Gasteiger partial charge in [0.2, 0.25) is 5.78 Å². The van der Waals surface area contributed by atoms with Crippen molar-refractivity contribution in [2.75, 3.05) is 17.7 Å². The molecule has 0 spiro atoms. The molecule has 0 aliphatic rings. The van der Waals surface area contributed by atoms with E-state index in [9.17, 15) is 14.0 Å². The lowest BCUT2D eigenvalue weighted by Gasteiger charge is -2.12. The van der Waals surface area contributed by atoms with Crippen molar-refractivity contribution in [2.45, 2.75) is 13.1 Å². The highest BCUT2D eigenvalue weighted by Gasteiger charge is 2.18. The van der Waals surface area contributed by atoms with Crippen LogP contribution in [0.4, 0.5) is 15.9 Å². The largest absolute Gasteiger partial charge is 0.394 e. The molecule has 0 aliphatic heterocycles. The van der Waals surface area contributed by atoms with Crippen LogP contribution in [0.15, 0.2) is 90.5 Å². The summed E-state index contributed by atoms with van der Waals surface area (Å²) in [6, 6.07) is 14.8. The number of nitrogens with zero attached hydrogens (tertiary/aromatic N) is 7. The summed E-state index contributed by atoms with van der Waals surface area (Å²) in [6.45, 7) is 0.613. The van der Waals surface area contributed by atoms with Crippen molar-refractivity contribution in [1.82, 2.24) is 33.9 Å². The number of carbonyl (C=O) groups is 1. The Bertz CT molecular complexity index is 1960. The first kappa shape index (κ1) is 26.5. The second kappa shape index (κ2) is 11.1. The molecule has 0 saturated carbocycles. The normalized spacial score (nSPS) is 11.2. The highest BCUT2D eigenvalue weighted by atomic mass is 19.1. The first-order valence-electron chi connectivity index (χ1n) is 12.9. The number of hydrogen-bond donors (Lipinski definition) is 3. The van der Waals surface area contributed by atoms with Crippen LogP contribution < -0.4 is 16.6 Å². The summed E-state index contributed by atoms with van der Waals surface area (Å²) in [5.41, 5.74) is 9.73. The van der Waals surface area contributed by atoms with E-state index in [4.69, 9.17) is 10.8 Å². The molecular formula is C29H24FN9O3. The molecule has 0 fully saturated rings. The Labute approximate surface area is 237 Å². The minimum Gasteiger partial charge on any atom is -0.394 e. The van der Waals surface area contributed by atoms with E-state index < -0.39 is 11.5 Å². The summed E-state index contributed by atoms with van der Waals surface area (Å²) in [7, 11) is 0. The molecular weight excluding hydrogens is 541 g/mol. The zero-order chi connectivity index (χ0) is 29.2. The van der Waals surface area contributed by atoms with Crippen molar-refractivity contribution in [3.8, 4) is 22.3 Å². The molecule has 0 unspecified atom stereocenters. The number of nitrogens with one attached hydrogen (secondary N) is 1. The number of anilines is 2. The lowest BCUT2D eigenvalue weighted by molar-refractivity contribution is 0.102. The molecule has 12 nitrogen and oxygen atoms in total. The summed E-state index contributed by atoms with van der Waals surface area (Å²) >= 11 is 0. The fourth-order valence-corrected chi connectivity index (χ4v) is 4.55. The van der Waals surface area contributed by atoms with E-state index in [1.165, 1.54) is 24.7 Å². The summed E-state index contributed by atoms with van der Waals surface area (Å²) in [5, 5.41) is 20.1. The fraction of sp³-hybridized carbons (Fsp3) is 0.103. The smallest absolute Gasteiger partial charge is 0.288 e. The standard InChI is InChI=1S/C29H24FN9O3/c30-22-5-1-18(2-6-22)14-37-16-25(28(42)39-29(37)33-17-35-39)27(41)36-23-7-3-19(4-8-23)24-11-20(12-32-26(24)31)21-13-34-38(15-21)9-10-40/h1-8,11-13,15-17,40H,9-10,14H2,(H2,31,32)(H,36,41). The molecule has 0 saturated heterocycles. The SMILES string of the molecule is Nc1ncc(-c2cnn(CCO)c2)cc1-c1ccc(NC(=O)c2cn(Cc3ccc(F)cc3)c3ncnn3c2=O)cc1. The summed E-state index contributed by atoms with van der Waals surface area (Å²) in [6.07, 6.45) is 7.81. The number of aliphatic hydroxyl groups excluding tert-OH is 1. The Morgan fingerprint density at radius 2 is 1.74 bits per heavy atom. The third-order valence-electron chi connectivity index (χ3n) is 6.67. The Hall–Kier alpha value is -5.69. The number of carbonyl (C=O) groups excluding carboxylic acids is 1. The highest BCUT2D eigenvalue weighted by molar-refractivity contribution is 6.04. The van der Waals surface area contributed by atoms with Gasteiger partial charge in [0.25, 0.3) is 11.5 Å². The van der Waals surface area contributed by atoms with E-state index in [1.54, 1.807) is 58.0 Å². The number of nitrogen functional groups attached to an aromatic ring is 1. The molecule has 1 amide bonds. The lowest BCUT2D eigenvalue weighted by atomic mass is 10.0. The zero-order valence-electron chi connectivity index (χ0n) is 22.1. The van der Waals surface area contributed by atoms with Gasteiger partial charge in [0.05, 0.1) is 25.9 Å². The molecule has 6 rings (SSSR count). The third-order valence-corrected chi connectivity index (χ3v) is 6.67. The minimum atomic E-state index is -0.624. The number of fused-ring (bicyclic) bond motifs is 1. The van der Waals surface area contributed by atoms with Crippen LogP contribution >= 0.6 is 0 Å². The average Bonchev–Trinajstić information content (AvgIpc) is 3.68. The van der Waals surface area contributed by atoms with E-state index in [-0.39, 0.29) is 30.3 Å². The molecule has 0 aliphatic carbocycles. The lowest BCUT2D eigenvalue weighted by Crippen LogP contribution is -2.29. The van der Waals surface area contributed by atoms with E-state index in [2.05, 4.69) is 25.5 Å². The number of hydrogen-bond acceptors (Lipinski definition) is 8. The van der Waals surface area contributed by atoms with Gasteiger partial charge in [-0.3, -0.25) is 14.3 Å². The van der Waals surface area contributed by atoms with Gasteiger partial charge in [-0.15, -0.1) is 0 Å². The molecule has 0 atom stereocenters. The van der Waals surface area contributed by atoms with Crippen LogP contribution in [0.25, 0.3) is 28.0 Å². The summed E-state index contributed by atoms with van der Waals surface area (Å²) in [4.78, 5) is 34.7. The first-order valence-corrected chi connectivity index (χ1v) is 12.9.